The molecule has 2 aliphatic rings. The van der Waals surface area contributed by atoms with Crippen LogP contribution in [0.4, 0.5) is 11.4 Å². The second-order valence-electron chi connectivity index (χ2n) is 7.05. The molecule has 0 bridgehead atoms. The van der Waals surface area contributed by atoms with Crippen molar-refractivity contribution >= 4 is 30.6 Å². The third-order valence-corrected chi connectivity index (χ3v) is 8.86. The van der Waals surface area contributed by atoms with Crippen molar-refractivity contribution in [2.75, 3.05) is 29.7 Å². The molecular formula is C20H22N3O3P. The number of anilines is 2. The van der Waals surface area contributed by atoms with E-state index in [0.717, 1.165) is 11.3 Å². The molecule has 0 aromatic heterocycles. The standard InChI is InChI=1S/C20H22N3O3P/c1-15-8-10-17(11-9-15)23-19(24)14-18(20(23)25)27(26)21(2)12-13-22(27)16-6-4-3-5-7-16/h3-11,18H,12-14H2,1-2H3. The molecule has 2 aromatic rings. The van der Waals surface area contributed by atoms with E-state index in [1.165, 1.54) is 4.90 Å². The molecule has 0 N–H and O–H groups in total. The number of hydrogen-bond acceptors (Lipinski definition) is 3. The van der Waals surface area contributed by atoms with E-state index in [1.54, 1.807) is 23.9 Å². The second-order valence-corrected chi connectivity index (χ2v) is 10.0. The predicted molar refractivity (Wildman–Crippen MR) is 106 cm³/mol. The summed E-state index contributed by atoms with van der Waals surface area (Å²) in [6.45, 7) is 3.11. The maximum atomic E-state index is 14.1. The van der Waals surface area contributed by atoms with Gasteiger partial charge in [0, 0.05) is 25.2 Å². The number of benzene rings is 2. The Balaban J connectivity index is 1.71. The van der Waals surface area contributed by atoms with Crippen LogP contribution >= 0.6 is 7.44 Å². The smallest absolute Gasteiger partial charge is 0.252 e. The zero-order valence-electron chi connectivity index (χ0n) is 15.4. The maximum Gasteiger partial charge on any atom is 0.252 e. The van der Waals surface area contributed by atoms with Crippen LogP contribution in [-0.4, -0.2) is 42.3 Å². The van der Waals surface area contributed by atoms with Crippen molar-refractivity contribution in [1.82, 2.24) is 4.67 Å². The van der Waals surface area contributed by atoms with Gasteiger partial charge in [0.15, 0.2) is 0 Å². The molecule has 2 aromatic carbocycles. The number of rotatable bonds is 3. The van der Waals surface area contributed by atoms with Gasteiger partial charge in [-0.15, -0.1) is 0 Å². The number of carbonyl (C=O) groups is 2. The fraction of sp³-hybridized carbons (Fsp3) is 0.300. The van der Waals surface area contributed by atoms with E-state index in [1.807, 2.05) is 54.1 Å². The van der Waals surface area contributed by atoms with E-state index in [4.69, 9.17) is 0 Å². The van der Waals surface area contributed by atoms with E-state index in [0.29, 0.717) is 18.8 Å². The summed E-state index contributed by atoms with van der Waals surface area (Å²) >= 11 is 0. The molecule has 140 valence electrons. The van der Waals surface area contributed by atoms with Gasteiger partial charge in [0.25, 0.3) is 7.44 Å². The molecule has 2 heterocycles. The molecule has 2 unspecified atom stereocenters. The first-order valence-corrected chi connectivity index (χ1v) is 10.7. The monoisotopic (exact) mass is 383 g/mol. The quantitative estimate of drug-likeness (QED) is 0.601. The Hall–Kier alpha value is -2.43. The minimum Gasteiger partial charge on any atom is -0.309 e. The van der Waals surface area contributed by atoms with E-state index >= 15 is 0 Å². The van der Waals surface area contributed by atoms with Crippen molar-refractivity contribution in [2.24, 2.45) is 0 Å². The highest BCUT2D eigenvalue weighted by Gasteiger charge is 2.56. The normalized spacial score (nSPS) is 26.2. The zero-order valence-corrected chi connectivity index (χ0v) is 16.3. The van der Waals surface area contributed by atoms with Crippen molar-refractivity contribution in [3.8, 4) is 0 Å². The van der Waals surface area contributed by atoms with Crippen molar-refractivity contribution in [3.63, 3.8) is 0 Å². The van der Waals surface area contributed by atoms with Gasteiger partial charge in [-0.2, -0.15) is 0 Å². The van der Waals surface area contributed by atoms with Gasteiger partial charge in [0.2, 0.25) is 11.8 Å². The molecule has 7 heteroatoms. The molecule has 0 radical (unpaired) electrons. The number of imide groups is 1. The summed E-state index contributed by atoms with van der Waals surface area (Å²) in [6, 6.07) is 16.7. The van der Waals surface area contributed by atoms with Crippen LogP contribution in [0.15, 0.2) is 54.6 Å². The molecule has 2 amide bonds. The Labute approximate surface area is 158 Å². The molecule has 2 atom stereocenters. The summed E-state index contributed by atoms with van der Waals surface area (Å²) in [4.78, 5) is 27.1. The van der Waals surface area contributed by atoms with Gasteiger partial charge in [-0.3, -0.25) is 14.2 Å². The van der Waals surface area contributed by atoms with Gasteiger partial charge in [-0.25, -0.2) is 9.57 Å². The molecule has 0 saturated carbocycles. The zero-order chi connectivity index (χ0) is 19.2. The summed E-state index contributed by atoms with van der Waals surface area (Å²) in [5, 5.41) is 0. The van der Waals surface area contributed by atoms with Crippen LogP contribution in [0.1, 0.15) is 12.0 Å². The fourth-order valence-electron chi connectivity index (χ4n) is 3.85. The third kappa shape index (κ3) is 2.80. The summed E-state index contributed by atoms with van der Waals surface area (Å²) in [5.41, 5.74) is 1.56. The largest absolute Gasteiger partial charge is 0.309 e. The van der Waals surface area contributed by atoms with Crippen LogP contribution in [0, 0.1) is 6.92 Å². The maximum absolute atomic E-state index is 14.1. The van der Waals surface area contributed by atoms with Gasteiger partial charge in [-0.05, 0) is 38.2 Å². The molecule has 2 saturated heterocycles. The molecule has 0 aliphatic carbocycles. The minimum absolute atomic E-state index is 0.0301. The lowest BCUT2D eigenvalue weighted by Crippen LogP contribution is -2.35. The molecule has 4 rings (SSSR count). The average Bonchev–Trinajstić information content (AvgIpc) is 3.14. The Morgan fingerprint density at radius 3 is 2.26 bits per heavy atom. The SMILES string of the molecule is Cc1ccc(N2C(=O)CC(P3(=O)N(C)CCN3c3ccccc3)C2=O)cc1. The summed E-state index contributed by atoms with van der Waals surface area (Å²) in [5.74, 6) is -0.667. The Bertz CT molecular complexity index is 929. The molecule has 0 spiro atoms. The first-order valence-electron chi connectivity index (χ1n) is 9.01. The van der Waals surface area contributed by atoms with Crippen LogP contribution in [0.25, 0.3) is 0 Å². The Kier molecular flexibility index (Phi) is 4.41. The van der Waals surface area contributed by atoms with E-state index in [9.17, 15) is 14.2 Å². The summed E-state index contributed by atoms with van der Waals surface area (Å²) in [6.07, 6.45) is -0.0301. The average molecular weight is 383 g/mol. The van der Waals surface area contributed by atoms with Crippen LogP contribution in [0.2, 0.25) is 0 Å². The van der Waals surface area contributed by atoms with Crippen LogP contribution < -0.4 is 9.57 Å². The summed E-state index contributed by atoms with van der Waals surface area (Å²) < 4.78 is 17.7. The topological polar surface area (TPSA) is 60.9 Å². The molecule has 2 fully saturated rings. The molecule has 27 heavy (non-hydrogen) atoms. The van der Waals surface area contributed by atoms with E-state index in [-0.39, 0.29) is 18.2 Å². The first kappa shape index (κ1) is 18.0. The predicted octanol–water partition coefficient (Wildman–Crippen LogP) is 3.27. The van der Waals surface area contributed by atoms with Crippen LogP contribution in [-0.2, 0) is 14.2 Å². The van der Waals surface area contributed by atoms with Crippen molar-refractivity contribution in [1.29, 1.82) is 0 Å². The lowest BCUT2D eigenvalue weighted by atomic mass is 10.2. The molecular weight excluding hydrogens is 361 g/mol. The van der Waals surface area contributed by atoms with Gasteiger partial charge >= 0.3 is 0 Å². The lowest BCUT2D eigenvalue weighted by Gasteiger charge is -2.33. The van der Waals surface area contributed by atoms with Gasteiger partial charge < -0.3 is 4.67 Å². The first-order chi connectivity index (χ1) is 12.9. The number of nitrogens with zero attached hydrogens (tertiary/aromatic N) is 3. The van der Waals surface area contributed by atoms with Crippen LogP contribution in [0.5, 0.6) is 0 Å². The van der Waals surface area contributed by atoms with Gasteiger partial charge in [-0.1, -0.05) is 35.9 Å². The van der Waals surface area contributed by atoms with Crippen molar-refractivity contribution < 1.29 is 14.2 Å². The van der Waals surface area contributed by atoms with Gasteiger partial charge in [0.05, 0.1) is 5.69 Å². The highest BCUT2D eigenvalue weighted by Crippen LogP contribution is 2.63. The molecule has 6 nitrogen and oxygen atoms in total. The number of hydrogen-bond donors (Lipinski definition) is 0. The van der Waals surface area contributed by atoms with Crippen molar-refractivity contribution in [3.05, 3.63) is 60.2 Å². The third-order valence-electron chi connectivity index (χ3n) is 5.35. The number of amides is 2. The number of para-hydroxylation sites is 1. The number of carbonyl (C=O) groups excluding carboxylic acids is 2. The highest BCUT2D eigenvalue weighted by molar-refractivity contribution is 7.65. The highest BCUT2D eigenvalue weighted by atomic mass is 31.2. The number of likely N-dealkylation sites (N-methyl/N-ethyl adjacent to an activating group) is 1. The second kappa shape index (κ2) is 6.63. The van der Waals surface area contributed by atoms with E-state index in [2.05, 4.69) is 0 Å². The Morgan fingerprint density at radius 1 is 0.926 bits per heavy atom. The minimum atomic E-state index is -3.25. The fourth-order valence-corrected chi connectivity index (χ4v) is 7.05. The summed E-state index contributed by atoms with van der Waals surface area (Å²) in [7, 11) is -1.47. The van der Waals surface area contributed by atoms with Crippen molar-refractivity contribution in [2.45, 2.75) is 19.0 Å². The van der Waals surface area contributed by atoms with Crippen LogP contribution in [0.3, 0.4) is 0 Å². The number of aryl methyl sites for hydroxylation is 1. The Morgan fingerprint density at radius 2 is 1.59 bits per heavy atom. The van der Waals surface area contributed by atoms with E-state index < -0.39 is 13.1 Å². The van der Waals surface area contributed by atoms with Gasteiger partial charge in [0.1, 0.15) is 5.66 Å². The lowest BCUT2D eigenvalue weighted by molar-refractivity contribution is -0.121. The molecule has 2 aliphatic heterocycles.